The Labute approximate surface area is 170 Å². The Hall–Kier alpha value is -3.47. The average molecular weight is 388 g/mol. The number of benzene rings is 3. The molecule has 1 aliphatic heterocycles. The summed E-state index contributed by atoms with van der Waals surface area (Å²) in [6.07, 6.45) is -0.376. The SMILES string of the molecule is CCOc1cc(C2Nc3ccccc3C(=O)N2Cc2ccc(C)cc2)ccc1O. The number of amides is 1. The van der Waals surface area contributed by atoms with Crippen LogP contribution in [0.1, 0.15) is 40.1 Å². The molecule has 5 heteroatoms. The van der Waals surface area contributed by atoms with Crippen molar-refractivity contribution in [3.8, 4) is 11.5 Å². The monoisotopic (exact) mass is 388 g/mol. The molecule has 1 atom stereocenters. The highest BCUT2D eigenvalue weighted by molar-refractivity contribution is 6.01. The van der Waals surface area contributed by atoms with Gasteiger partial charge in [-0.2, -0.15) is 0 Å². The first-order chi connectivity index (χ1) is 14.1. The Bertz CT molecular complexity index is 1030. The number of para-hydroxylation sites is 1. The summed E-state index contributed by atoms with van der Waals surface area (Å²) < 4.78 is 5.55. The molecular formula is C24H24N2O3. The van der Waals surface area contributed by atoms with E-state index in [0.717, 1.165) is 16.8 Å². The minimum Gasteiger partial charge on any atom is -0.504 e. The first kappa shape index (κ1) is 18.9. The van der Waals surface area contributed by atoms with Gasteiger partial charge in [0.25, 0.3) is 5.91 Å². The fourth-order valence-corrected chi connectivity index (χ4v) is 3.58. The van der Waals surface area contributed by atoms with Crippen LogP contribution in [0, 0.1) is 6.92 Å². The average Bonchev–Trinajstić information content (AvgIpc) is 2.73. The van der Waals surface area contributed by atoms with E-state index in [1.165, 1.54) is 5.56 Å². The number of nitrogens with one attached hydrogen (secondary N) is 1. The summed E-state index contributed by atoms with van der Waals surface area (Å²) in [4.78, 5) is 15.2. The summed E-state index contributed by atoms with van der Waals surface area (Å²) in [6, 6.07) is 20.9. The van der Waals surface area contributed by atoms with Crippen molar-refractivity contribution < 1.29 is 14.6 Å². The Morgan fingerprint density at radius 2 is 1.83 bits per heavy atom. The third-order valence-electron chi connectivity index (χ3n) is 5.10. The van der Waals surface area contributed by atoms with Crippen LogP contribution in [0.5, 0.6) is 11.5 Å². The van der Waals surface area contributed by atoms with Crippen molar-refractivity contribution in [1.29, 1.82) is 0 Å². The van der Waals surface area contributed by atoms with Crippen LogP contribution in [0.15, 0.2) is 66.7 Å². The predicted octanol–water partition coefficient (Wildman–Crippen LogP) is 4.87. The zero-order valence-electron chi connectivity index (χ0n) is 16.6. The largest absolute Gasteiger partial charge is 0.504 e. The van der Waals surface area contributed by atoms with E-state index in [2.05, 4.69) is 5.32 Å². The maximum absolute atomic E-state index is 13.4. The number of anilines is 1. The molecule has 2 N–H and O–H groups in total. The molecule has 1 aliphatic rings. The molecule has 4 rings (SSSR count). The normalized spacial score (nSPS) is 15.6. The molecule has 0 saturated heterocycles. The van der Waals surface area contributed by atoms with Crippen molar-refractivity contribution >= 4 is 11.6 Å². The van der Waals surface area contributed by atoms with Gasteiger partial charge >= 0.3 is 0 Å². The van der Waals surface area contributed by atoms with E-state index < -0.39 is 0 Å². The number of carbonyl (C=O) groups is 1. The van der Waals surface area contributed by atoms with Crippen LogP contribution in [0.3, 0.4) is 0 Å². The van der Waals surface area contributed by atoms with Gasteiger partial charge in [0.05, 0.1) is 12.2 Å². The standard InChI is InChI=1S/C24H24N2O3/c1-3-29-22-14-18(12-13-21(22)27)23-25-20-7-5-4-6-19(20)24(28)26(23)15-17-10-8-16(2)9-11-17/h4-14,23,25,27H,3,15H2,1-2H3. The molecule has 148 valence electrons. The van der Waals surface area contributed by atoms with Gasteiger partial charge < -0.3 is 20.1 Å². The number of phenolic OH excluding ortho intramolecular Hbond substituents is 1. The minimum atomic E-state index is -0.376. The lowest BCUT2D eigenvalue weighted by atomic mass is 10.0. The lowest BCUT2D eigenvalue weighted by Crippen LogP contribution is -2.42. The van der Waals surface area contributed by atoms with Gasteiger partial charge in [-0.05, 0) is 49.2 Å². The fourth-order valence-electron chi connectivity index (χ4n) is 3.58. The van der Waals surface area contributed by atoms with Crippen LogP contribution in [0.25, 0.3) is 0 Å². The summed E-state index contributed by atoms with van der Waals surface area (Å²) in [5.74, 6) is 0.465. The number of aromatic hydroxyl groups is 1. The van der Waals surface area contributed by atoms with Crippen LogP contribution in [0.4, 0.5) is 5.69 Å². The smallest absolute Gasteiger partial charge is 0.258 e. The topological polar surface area (TPSA) is 61.8 Å². The lowest BCUT2D eigenvalue weighted by molar-refractivity contribution is 0.0666. The van der Waals surface area contributed by atoms with Crippen molar-refractivity contribution in [1.82, 2.24) is 4.90 Å². The highest BCUT2D eigenvalue weighted by Gasteiger charge is 2.33. The van der Waals surface area contributed by atoms with Crippen LogP contribution in [-0.2, 0) is 6.54 Å². The van der Waals surface area contributed by atoms with E-state index in [4.69, 9.17) is 4.74 Å². The van der Waals surface area contributed by atoms with Crippen LogP contribution < -0.4 is 10.1 Å². The van der Waals surface area contributed by atoms with Gasteiger partial charge in [0, 0.05) is 12.2 Å². The molecule has 29 heavy (non-hydrogen) atoms. The Balaban J connectivity index is 1.75. The number of ether oxygens (including phenoxy) is 1. The highest BCUT2D eigenvalue weighted by Crippen LogP contribution is 2.37. The van der Waals surface area contributed by atoms with Gasteiger partial charge in [-0.1, -0.05) is 48.0 Å². The van der Waals surface area contributed by atoms with E-state index in [9.17, 15) is 9.90 Å². The summed E-state index contributed by atoms with van der Waals surface area (Å²) in [5.41, 5.74) is 4.53. The molecule has 5 nitrogen and oxygen atoms in total. The molecular weight excluding hydrogens is 364 g/mol. The van der Waals surface area contributed by atoms with Gasteiger partial charge in [0.1, 0.15) is 6.17 Å². The number of carbonyl (C=O) groups excluding carboxylic acids is 1. The van der Waals surface area contributed by atoms with Gasteiger partial charge in [-0.25, -0.2) is 0 Å². The summed E-state index contributed by atoms with van der Waals surface area (Å²) in [5, 5.41) is 13.6. The Kier molecular flexibility index (Phi) is 5.12. The Morgan fingerprint density at radius 1 is 1.07 bits per heavy atom. The second-order valence-corrected chi connectivity index (χ2v) is 7.17. The predicted molar refractivity (Wildman–Crippen MR) is 113 cm³/mol. The molecule has 3 aromatic rings. The number of hydrogen-bond donors (Lipinski definition) is 2. The third kappa shape index (κ3) is 3.76. The van der Waals surface area contributed by atoms with Crippen LogP contribution in [0.2, 0.25) is 0 Å². The zero-order chi connectivity index (χ0) is 20.4. The van der Waals surface area contributed by atoms with Gasteiger partial charge in [0.2, 0.25) is 0 Å². The number of hydrogen-bond acceptors (Lipinski definition) is 4. The fraction of sp³-hybridized carbons (Fsp3) is 0.208. The molecule has 0 radical (unpaired) electrons. The van der Waals surface area contributed by atoms with E-state index in [0.29, 0.717) is 24.5 Å². The van der Waals surface area contributed by atoms with E-state index in [1.807, 2.05) is 73.3 Å². The second-order valence-electron chi connectivity index (χ2n) is 7.17. The van der Waals surface area contributed by atoms with E-state index in [1.54, 1.807) is 12.1 Å². The molecule has 3 aromatic carbocycles. The van der Waals surface area contributed by atoms with Crippen molar-refractivity contribution in [2.45, 2.75) is 26.6 Å². The molecule has 0 aromatic heterocycles. The minimum absolute atomic E-state index is 0.0315. The third-order valence-corrected chi connectivity index (χ3v) is 5.10. The summed E-state index contributed by atoms with van der Waals surface area (Å²) in [7, 11) is 0. The molecule has 1 heterocycles. The molecule has 0 fully saturated rings. The number of aryl methyl sites for hydroxylation is 1. The van der Waals surface area contributed by atoms with Gasteiger partial charge in [-0.15, -0.1) is 0 Å². The number of fused-ring (bicyclic) bond motifs is 1. The maximum Gasteiger partial charge on any atom is 0.258 e. The van der Waals surface area contributed by atoms with E-state index >= 15 is 0 Å². The number of phenols is 1. The van der Waals surface area contributed by atoms with Crippen molar-refractivity contribution in [2.24, 2.45) is 0 Å². The van der Waals surface area contributed by atoms with Crippen LogP contribution in [-0.4, -0.2) is 22.5 Å². The second kappa shape index (κ2) is 7.87. The number of nitrogens with zero attached hydrogens (tertiary/aromatic N) is 1. The van der Waals surface area contributed by atoms with Gasteiger partial charge in [0.15, 0.2) is 11.5 Å². The first-order valence-corrected chi connectivity index (χ1v) is 9.74. The molecule has 1 amide bonds. The molecule has 0 saturated carbocycles. The van der Waals surface area contributed by atoms with Crippen molar-refractivity contribution in [2.75, 3.05) is 11.9 Å². The maximum atomic E-state index is 13.4. The molecule has 1 unspecified atom stereocenters. The summed E-state index contributed by atoms with van der Waals surface area (Å²) >= 11 is 0. The van der Waals surface area contributed by atoms with Crippen LogP contribution >= 0.6 is 0 Å². The quantitative estimate of drug-likeness (QED) is 0.655. The lowest BCUT2D eigenvalue weighted by Gasteiger charge is -2.38. The zero-order valence-corrected chi connectivity index (χ0v) is 16.6. The van der Waals surface area contributed by atoms with E-state index in [-0.39, 0.29) is 17.8 Å². The molecule has 0 aliphatic carbocycles. The Morgan fingerprint density at radius 3 is 2.59 bits per heavy atom. The molecule has 0 spiro atoms. The van der Waals surface area contributed by atoms with Crippen molar-refractivity contribution in [3.63, 3.8) is 0 Å². The molecule has 0 bridgehead atoms. The first-order valence-electron chi connectivity index (χ1n) is 9.74. The van der Waals surface area contributed by atoms with Crippen molar-refractivity contribution in [3.05, 3.63) is 89.0 Å². The highest BCUT2D eigenvalue weighted by atomic mass is 16.5. The summed E-state index contributed by atoms with van der Waals surface area (Å²) in [6.45, 7) is 4.83. The number of rotatable bonds is 5. The van der Waals surface area contributed by atoms with Gasteiger partial charge in [-0.3, -0.25) is 4.79 Å².